The molecule has 1 aliphatic heterocycles. The molecule has 100 valence electrons. The molecule has 1 N–H and O–H groups in total. The molecule has 1 fully saturated rings. The van der Waals surface area contributed by atoms with Crippen LogP contribution in [0.1, 0.15) is 16.2 Å². The van der Waals surface area contributed by atoms with E-state index in [0.717, 1.165) is 30.8 Å². The van der Waals surface area contributed by atoms with Crippen molar-refractivity contribution < 1.29 is 9.18 Å². The predicted molar refractivity (Wildman–Crippen MR) is 73.0 cm³/mol. The second-order valence-electron chi connectivity index (χ2n) is 4.53. The highest BCUT2D eigenvalue weighted by molar-refractivity contribution is 7.20. The fraction of sp³-hybridized carbons (Fsp3) is 0.385. The van der Waals surface area contributed by atoms with E-state index < -0.39 is 0 Å². The number of benzene rings is 1. The van der Waals surface area contributed by atoms with E-state index in [1.165, 1.54) is 23.5 Å². The van der Waals surface area contributed by atoms with Gasteiger partial charge in [0.25, 0.3) is 5.91 Å². The van der Waals surface area contributed by atoms with E-state index in [1.807, 2.05) is 4.90 Å². The van der Waals surface area contributed by atoms with Crippen molar-refractivity contribution in [3.8, 4) is 0 Å². The molecular weight excluding hydrogens is 265 g/mol. The number of aromatic nitrogens is 1. The van der Waals surface area contributed by atoms with Crippen LogP contribution in [-0.2, 0) is 0 Å². The standard InChI is InChI=1S/C13H14FN3OS/c14-9-2-3-10-11(8-9)19-12(16-10)13(18)17-6-1-4-15-5-7-17/h2-3,8,15H,1,4-7H2. The van der Waals surface area contributed by atoms with Crippen LogP contribution in [0.3, 0.4) is 0 Å². The SMILES string of the molecule is O=C(c1nc2ccc(F)cc2s1)N1CCCNCC1. The van der Waals surface area contributed by atoms with Gasteiger partial charge in [-0.15, -0.1) is 11.3 Å². The van der Waals surface area contributed by atoms with Crippen LogP contribution in [0.25, 0.3) is 10.2 Å². The smallest absolute Gasteiger partial charge is 0.282 e. The zero-order valence-electron chi connectivity index (χ0n) is 10.4. The van der Waals surface area contributed by atoms with Crippen LogP contribution in [0.2, 0.25) is 0 Å². The number of thiazole rings is 1. The van der Waals surface area contributed by atoms with E-state index in [1.54, 1.807) is 6.07 Å². The van der Waals surface area contributed by atoms with E-state index in [-0.39, 0.29) is 11.7 Å². The molecule has 0 radical (unpaired) electrons. The second-order valence-corrected chi connectivity index (χ2v) is 5.56. The van der Waals surface area contributed by atoms with E-state index in [2.05, 4.69) is 10.3 Å². The molecule has 1 amide bonds. The Morgan fingerprint density at radius 2 is 2.26 bits per heavy atom. The molecule has 19 heavy (non-hydrogen) atoms. The summed E-state index contributed by atoms with van der Waals surface area (Å²) in [7, 11) is 0. The van der Waals surface area contributed by atoms with Crippen molar-refractivity contribution in [3.05, 3.63) is 29.0 Å². The highest BCUT2D eigenvalue weighted by Crippen LogP contribution is 2.24. The van der Waals surface area contributed by atoms with Crippen LogP contribution in [0.4, 0.5) is 4.39 Å². The van der Waals surface area contributed by atoms with E-state index in [4.69, 9.17) is 0 Å². The quantitative estimate of drug-likeness (QED) is 0.867. The third-order valence-electron chi connectivity index (χ3n) is 3.16. The third kappa shape index (κ3) is 2.59. The summed E-state index contributed by atoms with van der Waals surface area (Å²) in [5.41, 5.74) is 0.683. The van der Waals surface area contributed by atoms with E-state index in [0.29, 0.717) is 17.1 Å². The molecule has 3 rings (SSSR count). The van der Waals surface area contributed by atoms with Gasteiger partial charge in [-0.05, 0) is 31.2 Å². The summed E-state index contributed by atoms with van der Waals surface area (Å²) in [4.78, 5) is 18.5. The maximum Gasteiger partial charge on any atom is 0.282 e. The van der Waals surface area contributed by atoms with Gasteiger partial charge in [-0.25, -0.2) is 9.37 Å². The first-order valence-corrected chi connectivity index (χ1v) is 7.12. The lowest BCUT2D eigenvalue weighted by molar-refractivity contribution is 0.0766. The molecule has 0 bridgehead atoms. The zero-order chi connectivity index (χ0) is 13.2. The molecule has 0 saturated carbocycles. The minimum Gasteiger partial charge on any atom is -0.335 e. The Balaban J connectivity index is 1.88. The summed E-state index contributed by atoms with van der Waals surface area (Å²) in [6, 6.07) is 4.40. The lowest BCUT2D eigenvalue weighted by Gasteiger charge is -2.18. The Bertz CT molecular complexity index is 605. The van der Waals surface area contributed by atoms with Crippen LogP contribution in [-0.4, -0.2) is 42.0 Å². The van der Waals surface area contributed by atoms with Crippen molar-refractivity contribution in [2.45, 2.75) is 6.42 Å². The highest BCUT2D eigenvalue weighted by atomic mass is 32.1. The highest BCUT2D eigenvalue weighted by Gasteiger charge is 2.20. The fourth-order valence-corrected chi connectivity index (χ4v) is 3.13. The van der Waals surface area contributed by atoms with Gasteiger partial charge in [0.1, 0.15) is 5.82 Å². The monoisotopic (exact) mass is 279 g/mol. The molecule has 2 heterocycles. The van der Waals surface area contributed by atoms with Gasteiger partial charge in [0.05, 0.1) is 10.2 Å². The third-order valence-corrected chi connectivity index (χ3v) is 4.17. The van der Waals surface area contributed by atoms with Gasteiger partial charge in [0.15, 0.2) is 5.01 Å². The number of carbonyl (C=O) groups excluding carboxylic acids is 1. The van der Waals surface area contributed by atoms with Crippen LogP contribution < -0.4 is 5.32 Å². The number of nitrogens with one attached hydrogen (secondary N) is 1. The average Bonchev–Trinajstić information content (AvgIpc) is 2.64. The van der Waals surface area contributed by atoms with Crippen LogP contribution in [0, 0.1) is 5.82 Å². The number of carbonyl (C=O) groups is 1. The summed E-state index contributed by atoms with van der Waals surface area (Å²) in [6.07, 6.45) is 0.950. The Morgan fingerprint density at radius 1 is 1.37 bits per heavy atom. The number of rotatable bonds is 1. The lowest BCUT2D eigenvalue weighted by Crippen LogP contribution is -2.34. The van der Waals surface area contributed by atoms with Gasteiger partial charge in [-0.3, -0.25) is 4.79 Å². The van der Waals surface area contributed by atoms with Gasteiger partial charge >= 0.3 is 0 Å². The van der Waals surface area contributed by atoms with Gasteiger partial charge < -0.3 is 10.2 Å². The van der Waals surface area contributed by atoms with Crippen molar-refractivity contribution >= 4 is 27.5 Å². The number of hydrogen-bond acceptors (Lipinski definition) is 4. The number of fused-ring (bicyclic) bond motifs is 1. The minimum atomic E-state index is -0.297. The number of nitrogens with zero attached hydrogens (tertiary/aromatic N) is 2. The van der Waals surface area contributed by atoms with Crippen LogP contribution >= 0.6 is 11.3 Å². The maximum absolute atomic E-state index is 13.1. The molecule has 2 aromatic rings. The summed E-state index contributed by atoms with van der Waals surface area (Å²) >= 11 is 1.26. The molecule has 4 nitrogen and oxygen atoms in total. The van der Waals surface area contributed by atoms with Gasteiger partial charge in [0, 0.05) is 19.6 Å². The Morgan fingerprint density at radius 3 is 3.16 bits per heavy atom. The number of halogens is 1. The Hall–Kier alpha value is -1.53. The fourth-order valence-electron chi connectivity index (χ4n) is 2.17. The molecule has 1 aromatic carbocycles. The Labute approximate surface area is 114 Å². The molecule has 1 saturated heterocycles. The molecule has 0 spiro atoms. The molecule has 0 atom stereocenters. The van der Waals surface area contributed by atoms with Crippen molar-refractivity contribution in [1.82, 2.24) is 15.2 Å². The van der Waals surface area contributed by atoms with Crippen molar-refractivity contribution in [1.29, 1.82) is 0 Å². The first kappa shape index (κ1) is 12.5. The van der Waals surface area contributed by atoms with E-state index in [9.17, 15) is 9.18 Å². The maximum atomic E-state index is 13.1. The second kappa shape index (κ2) is 5.22. The molecule has 0 unspecified atom stereocenters. The summed E-state index contributed by atoms with van der Waals surface area (Å²) in [6.45, 7) is 3.19. The average molecular weight is 279 g/mol. The summed E-state index contributed by atoms with van der Waals surface area (Å²) in [5, 5.41) is 3.70. The van der Waals surface area contributed by atoms with Crippen LogP contribution in [0.5, 0.6) is 0 Å². The van der Waals surface area contributed by atoms with Gasteiger partial charge in [-0.2, -0.15) is 0 Å². The van der Waals surface area contributed by atoms with Crippen LogP contribution in [0.15, 0.2) is 18.2 Å². The van der Waals surface area contributed by atoms with Crippen molar-refractivity contribution in [2.24, 2.45) is 0 Å². The largest absolute Gasteiger partial charge is 0.335 e. The lowest BCUT2D eigenvalue weighted by atomic mass is 10.3. The van der Waals surface area contributed by atoms with Crippen molar-refractivity contribution in [2.75, 3.05) is 26.2 Å². The topological polar surface area (TPSA) is 45.2 Å². The molecule has 0 aliphatic carbocycles. The Kier molecular flexibility index (Phi) is 3.44. The van der Waals surface area contributed by atoms with Crippen molar-refractivity contribution in [3.63, 3.8) is 0 Å². The molecule has 6 heteroatoms. The zero-order valence-corrected chi connectivity index (χ0v) is 11.2. The van der Waals surface area contributed by atoms with Gasteiger partial charge in [0.2, 0.25) is 0 Å². The summed E-state index contributed by atoms with van der Waals surface area (Å²) < 4.78 is 13.8. The van der Waals surface area contributed by atoms with E-state index >= 15 is 0 Å². The normalized spacial score (nSPS) is 16.6. The molecule has 1 aliphatic rings. The summed E-state index contributed by atoms with van der Waals surface area (Å²) in [5.74, 6) is -0.348. The predicted octanol–water partition coefficient (Wildman–Crippen LogP) is 1.87. The first-order chi connectivity index (χ1) is 9.24. The first-order valence-electron chi connectivity index (χ1n) is 6.30. The molecule has 1 aromatic heterocycles. The minimum absolute atomic E-state index is 0.0506. The van der Waals surface area contributed by atoms with Gasteiger partial charge in [-0.1, -0.05) is 0 Å². The number of amides is 1. The molecular formula is C13H14FN3OS. The number of hydrogen-bond donors (Lipinski definition) is 1.